The van der Waals surface area contributed by atoms with Gasteiger partial charge < -0.3 is 4.42 Å². The van der Waals surface area contributed by atoms with Crippen LogP contribution in [0, 0.1) is 0 Å². The Balaban J connectivity index is 1.33. The average molecular weight is 546 g/mol. The number of hydrogen-bond donors (Lipinski definition) is 0. The van der Waals surface area contributed by atoms with Gasteiger partial charge in [-0.2, -0.15) is 9.97 Å². The Morgan fingerprint density at radius 3 is 2.00 bits per heavy atom. The Morgan fingerprint density at radius 2 is 1.20 bits per heavy atom. The molecule has 0 atom stereocenters. The molecule has 0 saturated heterocycles. The van der Waals surface area contributed by atoms with E-state index in [-0.39, 0.29) is 0 Å². The zero-order valence-electron chi connectivity index (χ0n) is 21.5. The Kier molecular flexibility index (Phi) is 4.67. The molecular weight excluding hydrogens is 526 g/mol. The highest BCUT2D eigenvalue weighted by Crippen LogP contribution is 2.35. The van der Waals surface area contributed by atoms with Crippen molar-refractivity contribution in [3.8, 4) is 28.2 Å². The number of nitrogens with zero attached hydrogens (tertiary/aromatic N) is 5. The maximum absolute atomic E-state index is 6.20. The van der Waals surface area contributed by atoms with Crippen molar-refractivity contribution in [2.24, 2.45) is 0 Å². The van der Waals surface area contributed by atoms with Crippen LogP contribution in [0.15, 0.2) is 120 Å². The lowest BCUT2D eigenvalue weighted by Gasteiger charge is -2.09. The Bertz CT molecular complexity index is 2370. The zero-order chi connectivity index (χ0) is 26.9. The lowest BCUT2D eigenvalue weighted by Crippen LogP contribution is -2.06. The lowest BCUT2D eigenvalue weighted by atomic mass is 10.1. The number of thiazole rings is 1. The minimum absolute atomic E-state index is 0.540. The zero-order valence-corrected chi connectivity index (χ0v) is 22.3. The second-order valence-corrected chi connectivity index (χ2v) is 11.0. The molecule has 9 rings (SSSR count). The van der Waals surface area contributed by atoms with Crippen molar-refractivity contribution >= 4 is 65.3 Å². The third-order valence-corrected chi connectivity index (χ3v) is 8.56. The summed E-state index contributed by atoms with van der Waals surface area (Å²) in [5.74, 6) is 1.65. The molecule has 0 fully saturated rings. The smallest absolute Gasteiger partial charge is 0.238 e. The van der Waals surface area contributed by atoms with Crippen LogP contribution in [0.4, 0.5) is 0 Å². The highest BCUT2D eigenvalue weighted by Gasteiger charge is 2.19. The molecule has 9 aromatic rings. The first-order valence-electron chi connectivity index (χ1n) is 13.3. The first-order valence-corrected chi connectivity index (χ1v) is 14.1. The molecule has 0 radical (unpaired) electrons. The summed E-state index contributed by atoms with van der Waals surface area (Å²) < 4.78 is 9.41. The normalized spacial score (nSPS) is 11.9. The molecule has 0 amide bonds. The standard InChI is InChI=1S/C34H19N5OS/c1-5-13-26-21(9-1)22-10-2-6-14-27(22)39(26)34-37-31(36-32(38-34)33-35-25-12-4-8-16-30(25)41-33)20-17-18-24-23-11-3-7-15-28(23)40-29(24)19-20/h1-19H. The van der Waals surface area contributed by atoms with Crippen LogP contribution in [0.1, 0.15) is 0 Å². The largest absolute Gasteiger partial charge is 0.456 e. The van der Waals surface area contributed by atoms with E-state index < -0.39 is 0 Å². The second-order valence-electron chi connectivity index (χ2n) is 9.95. The van der Waals surface area contributed by atoms with Gasteiger partial charge in [-0.05, 0) is 42.5 Å². The van der Waals surface area contributed by atoms with Crippen LogP contribution < -0.4 is 0 Å². The predicted molar refractivity (Wildman–Crippen MR) is 165 cm³/mol. The average Bonchev–Trinajstić information content (AvgIpc) is 3.72. The number of hydrogen-bond acceptors (Lipinski definition) is 6. The van der Waals surface area contributed by atoms with Gasteiger partial charge in [0.1, 0.15) is 11.2 Å². The van der Waals surface area contributed by atoms with E-state index in [1.54, 1.807) is 11.3 Å². The predicted octanol–water partition coefficient (Wildman–Crippen LogP) is 8.81. The van der Waals surface area contributed by atoms with Gasteiger partial charge in [0.15, 0.2) is 16.7 Å². The summed E-state index contributed by atoms with van der Waals surface area (Å²) in [7, 11) is 0. The van der Waals surface area contributed by atoms with Crippen molar-refractivity contribution in [2.75, 3.05) is 0 Å². The highest BCUT2D eigenvalue weighted by atomic mass is 32.1. The van der Waals surface area contributed by atoms with Gasteiger partial charge in [-0.3, -0.25) is 4.57 Å². The van der Waals surface area contributed by atoms with Gasteiger partial charge in [0, 0.05) is 27.1 Å². The van der Waals surface area contributed by atoms with Crippen LogP contribution in [-0.4, -0.2) is 24.5 Å². The molecular formula is C34H19N5OS. The molecule has 41 heavy (non-hydrogen) atoms. The fourth-order valence-electron chi connectivity index (χ4n) is 5.66. The van der Waals surface area contributed by atoms with E-state index in [1.165, 1.54) is 0 Å². The molecule has 4 aromatic heterocycles. The van der Waals surface area contributed by atoms with Crippen molar-refractivity contribution < 1.29 is 4.42 Å². The lowest BCUT2D eigenvalue weighted by molar-refractivity contribution is 0.669. The van der Waals surface area contributed by atoms with E-state index >= 15 is 0 Å². The van der Waals surface area contributed by atoms with Crippen LogP contribution in [0.5, 0.6) is 0 Å². The van der Waals surface area contributed by atoms with Crippen LogP contribution >= 0.6 is 11.3 Å². The van der Waals surface area contributed by atoms with Gasteiger partial charge in [-0.25, -0.2) is 9.97 Å². The third kappa shape index (κ3) is 3.43. The molecule has 4 heterocycles. The summed E-state index contributed by atoms with van der Waals surface area (Å²) in [5, 5.41) is 5.20. The van der Waals surface area contributed by atoms with Gasteiger partial charge in [0.05, 0.1) is 21.3 Å². The summed E-state index contributed by atoms with van der Waals surface area (Å²) in [5.41, 5.74) is 5.50. The van der Waals surface area contributed by atoms with E-state index in [9.17, 15) is 0 Å². The van der Waals surface area contributed by atoms with Gasteiger partial charge >= 0.3 is 0 Å². The number of para-hydroxylation sites is 4. The summed E-state index contributed by atoms with van der Waals surface area (Å²) in [6.45, 7) is 0. The van der Waals surface area contributed by atoms with Gasteiger partial charge in [0.25, 0.3) is 0 Å². The highest BCUT2D eigenvalue weighted by molar-refractivity contribution is 7.21. The number of furan rings is 1. The van der Waals surface area contributed by atoms with E-state index in [2.05, 4.69) is 65.2 Å². The number of aromatic nitrogens is 5. The third-order valence-electron chi connectivity index (χ3n) is 7.53. The fraction of sp³-hybridized carbons (Fsp3) is 0. The van der Waals surface area contributed by atoms with Crippen LogP contribution in [0.25, 0.3) is 82.1 Å². The number of rotatable bonds is 3. The van der Waals surface area contributed by atoms with Crippen molar-refractivity contribution in [1.82, 2.24) is 24.5 Å². The molecule has 5 aromatic carbocycles. The molecule has 0 aliphatic rings. The van der Waals surface area contributed by atoms with E-state index in [0.717, 1.165) is 64.5 Å². The minimum atomic E-state index is 0.540. The molecule has 0 aliphatic carbocycles. The number of benzene rings is 5. The number of fused-ring (bicyclic) bond motifs is 7. The van der Waals surface area contributed by atoms with Crippen molar-refractivity contribution in [3.63, 3.8) is 0 Å². The van der Waals surface area contributed by atoms with Crippen LogP contribution in [0.3, 0.4) is 0 Å². The summed E-state index contributed by atoms with van der Waals surface area (Å²) in [4.78, 5) is 19.9. The quantitative estimate of drug-likeness (QED) is 0.222. The molecule has 0 bridgehead atoms. The van der Waals surface area contributed by atoms with Crippen molar-refractivity contribution in [1.29, 1.82) is 0 Å². The molecule has 7 heteroatoms. The topological polar surface area (TPSA) is 69.6 Å². The second kappa shape index (κ2) is 8.55. The van der Waals surface area contributed by atoms with Gasteiger partial charge in [-0.15, -0.1) is 11.3 Å². The Hall–Kier alpha value is -5.40. The summed E-state index contributed by atoms with van der Waals surface area (Å²) >= 11 is 1.58. The Labute approximate surface area is 237 Å². The fourth-order valence-corrected chi connectivity index (χ4v) is 6.56. The molecule has 6 nitrogen and oxygen atoms in total. The SMILES string of the molecule is c1ccc2sc(-c3nc(-c4ccc5c(c4)oc4ccccc45)nc(-n4c5ccccc5c5ccccc54)n3)nc2c1. The first-order chi connectivity index (χ1) is 20.3. The molecule has 0 aliphatic heterocycles. The monoisotopic (exact) mass is 545 g/mol. The van der Waals surface area contributed by atoms with Crippen LogP contribution in [0.2, 0.25) is 0 Å². The maximum Gasteiger partial charge on any atom is 0.238 e. The summed E-state index contributed by atoms with van der Waals surface area (Å²) in [6, 6.07) is 39.0. The van der Waals surface area contributed by atoms with Gasteiger partial charge in [-0.1, -0.05) is 72.8 Å². The van der Waals surface area contributed by atoms with Crippen molar-refractivity contribution in [3.05, 3.63) is 115 Å². The Morgan fingerprint density at radius 1 is 0.537 bits per heavy atom. The van der Waals surface area contributed by atoms with E-state index in [0.29, 0.717) is 17.6 Å². The van der Waals surface area contributed by atoms with Crippen LogP contribution in [-0.2, 0) is 0 Å². The van der Waals surface area contributed by atoms with Crippen molar-refractivity contribution in [2.45, 2.75) is 0 Å². The maximum atomic E-state index is 6.20. The molecule has 0 N–H and O–H groups in total. The van der Waals surface area contributed by atoms with E-state index in [1.807, 2.05) is 54.6 Å². The van der Waals surface area contributed by atoms with E-state index in [4.69, 9.17) is 24.4 Å². The minimum Gasteiger partial charge on any atom is -0.456 e. The molecule has 0 unspecified atom stereocenters. The summed E-state index contributed by atoms with van der Waals surface area (Å²) in [6.07, 6.45) is 0. The van der Waals surface area contributed by atoms with Gasteiger partial charge in [0.2, 0.25) is 5.95 Å². The molecule has 0 saturated carbocycles. The first kappa shape index (κ1) is 22.4. The molecule has 192 valence electrons. The molecule has 0 spiro atoms.